The summed E-state index contributed by atoms with van der Waals surface area (Å²) in [7, 11) is 0. The van der Waals surface area contributed by atoms with Gasteiger partial charge in [-0.1, -0.05) is 28.1 Å². The number of pyridine rings is 2. The fourth-order valence-corrected chi connectivity index (χ4v) is 4.60. The minimum absolute atomic E-state index is 0.0388. The molecule has 0 saturated carbocycles. The molecule has 5 rings (SSSR count). The van der Waals surface area contributed by atoms with Gasteiger partial charge in [0.25, 0.3) is 0 Å². The molecule has 0 bridgehead atoms. The summed E-state index contributed by atoms with van der Waals surface area (Å²) < 4.78 is 3.27. The van der Waals surface area contributed by atoms with Crippen LogP contribution in [0.5, 0.6) is 0 Å². The lowest BCUT2D eigenvalue weighted by Gasteiger charge is -2.28. The Bertz CT molecular complexity index is 1180. The first-order chi connectivity index (χ1) is 15.2. The molecule has 3 aromatic heterocycles. The van der Waals surface area contributed by atoms with Crippen molar-refractivity contribution in [1.29, 1.82) is 0 Å². The van der Waals surface area contributed by atoms with Gasteiger partial charge in [-0.2, -0.15) is 0 Å². The van der Waals surface area contributed by atoms with E-state index in [0.717, 1.165) is 27.2 Å². The molecular weight excluding hydrogens is 470 g/mol. The monoisotopic (exact) mass is 489 g/mol. The minimum atomic E-state index is -0.0680. The number of nitrogens with zero attached hydrogens (tertiary/aromatic N) is 4. The molecule has 31 heavy (non-hydrogen) atoms. The zero-order valence-electron chi connectivity index (χ0n) is 16.6. The van der Waals surface area contributed by atoms with Gasteiger partial charge in [-0.25, -0.2) is 0 Å². The van der Waals surface area contributed by atoms with Crippen LogP contribution in [0.3, 0.4) is 0 Å². The van der Waals surface area contributed by atoms with Crippen molar-refractivity contribution >= 4 is 33.3 Å². The number of thiocarbonyl (C=S) groups is 1. The molecule has 0 amide bonds. The Balaban J connectivity index is 1.60. The Labute approximate surface area is 194 Å². The van der Waals surface area contributed by atoms with E-state index in [-0.39, 0.29) is 12.1 Å². The summed E-state index contributed by atoms with van der Waals surface area (Å²) in [5.41, 5.74) is 4.17. The highest BCUT2D eigenvalue weighted by Crippen LogP contribution is 2.40. The number of nitrogens with one attached hydrogen (secondary N) is 1. The smallest absolute Gasteiger partial charge is 0.170 e. The molecule has 0 unspecified atom stereocenters. The molecule has 154 valence electrons. The predicted molar refractivity (Wildman–Crippen MR) is 129 cm³/mol. The maximum absolute atomic E-state index is 5.79. The van der Waals surface area contributed by atoms with Crippen molar-refractivity contribution in [3.8, 4) is 5.69 Å². The van der Waals surface area contributed by atoms with E-state index in [2.05, 4.69) is 83.3 Å². The lowest BCUT2D eigenvalue weighted by Crippen LogP contribution is -2.30. The molecule has 0 aliphatic carbocycles. The van der Waals surface area contributed by atoms with E-state index in [1.807, 2.05) is 48.8 Å². The van der Waals surface area contributed by atoms with Gasteiger partial charge in [0.2, 0.25) is 0 Å². The molecule has 2 atom stereocenters. The van der Waals surface area contributed by atoms with Gasteiger partial charge in [-0.15, -0.1) is 0 Å². The van der Waals surface area contributed by atoms with Crippen LogP contribution >= 0.6 is 28.1 Å². The van der Waals surface area contributed by atoms with Crippen LogP contribution in [0.15, 0.2) is 95.9 Å². The molecule has 0 radical (unpaired) electrons. The lowest BCUT2D eigenvalue weighted by atomic mass is 10.0. The fraction of sp³-hybridized carbons (Fsp3) is 0.125. The van der Waals surface area contributed by atoms with Crippen molar-refractivity contribution in [2.75, 3.05) is 0 Å². The molecule has 4 heterocycles. The number of halogens is 1. The van der Waals surface area contributed by atoms with Crippen LogP contribution in [0.2, 0.25) is 0 Å². The second kappa shape index (κ2) is 8.61. The van der Waals surface area contributed by atoms with Crippen molar-refractivity contribution < 1.29 is 0 Å². The second-order valence-corrected chi connectivity index (χ2v) is 8.66. The first kappa shape index (κ1) is 19.9. The molecular formula is C24H20BrN5S. The Hall–Kier alpha value is -3.03. The molecule has 1 N–H and O–H groups in total. The van der Waals surface area contributed by atoms with E-state index in [1.54, 1.807) is 0 Å². The number of rotatable bonds is 5. The molecule has 1 aromatic carbocycles. The van der Waals surface area contributed by atoms with Gasteiger partial charge in [0.1, 0.15) is 0 Å². The number of hydrogen-bond donors (Lipinski definition) is 1. The summed E-state index contributed by atoms with van der Waals surface area (Å²) in [5.74, 6) is 0. The summed E-state index contributed by atoms with van der Waals surface area (Å²) in [6.07, 6.45) is 5.73. The van der Waals surface area contributed by atoms with E-state index in [9.17, 15) is 0 Å². The third-order valence-corrected chi connectivity index (χ3v) is 6.33. The molecule has 7 heteroatoms. The Kier molecular flexibility index (Phi) is 5.53. The highest BCUT2D eigenvalue weighted by Gasteiger charge is 2.41. The molecule has 4 aromatic rings. The normalized spacial score (nSPS) is 18.2. The third kappa shape index (κ3) is 3.98. The number of aromatic nitrogens is 3. The highest BCUT2D eigenvalue weighted by molar-refractivity contribution is 9.10. The molecule has 1 fully saturated rings. The maximum atomic E-state index is 5.79. The summed E-state index contributed by atoms with van der Waals surface area (Å²) >= 11 is 9.32. The molecule has 0 spiro atoms. The van der Waals surface area contributed by atoms with E-state index in [0.29, 0.717) is 11.7 Å². The van der Waals surface area contributed by atoms with Crippen molar-refractivity contribution in [2.24, 2.45) is 0 Å². The van der Waals surface area contributed by atoms with Gasteiger partial charge in [0, 0.05) is 34.4 Å². The maximum Gasteiger partial charge on any atom is 0.170 e. The molecule has 1 aliphatic rings. The predicted octanol–water partition coefficient (Wildman–Crippen LogP) is 5.20. The minimum Gasteiger partial charge on any atom is -0.352 e. The van der Waals surface area contributed by atoms with Crippen LogP contribution in [0.1, 0.15) is 29.2 Å². The SMILES string of the molecule is S=C1N[C@@H](c2ccccn2)[C@H](c2cccn2-c2ccc(Br)cc2)N1Cc1ccccn1. The van der Waals surface area contributed by atoms with Crippen molar-refractivity contribution in [1.82, 2.24) is 24.8 Å². The Morgan fingerprint density at radius 1 is 0.903 bits per heavy atom. The Morgan fingerprint density at radius 3 is 2.39 bits per heavy atom. The van der Waals surface area contributed by atoms with E-state index in [1.165, 1.54) is 0 Å². The van der Waals surface area contributed by atoms with Crippen molar-refractivity contribution in [2.45, 2.75) is 18.6 Å². The fourth-order valence-electron chi connectivity index (χ4n) is 4.04. The lowest BCUT2D eigenvalue weighted by molar-refractivity contribution is 0.299. The summed E-state index contributed by atoms with van der Waals surface area (Å²) in [5, 5.41) is 4.22. The first-order valence-electron chi connectivity index (χ1n) is 10.0. The van der Waals surface area contributed by atoms with Crippen molar-refractivity contribution in [3.05, 3.63) is 113 Å². The van der Waals surface area contributed by atoms with Crippen LogP contribution in [-0.2, 0) is 6.54 Å². The molecule has 1 aliphatic heterocycles. The van der Waals surface area contributed by atoms with E-state index < -0.39 is 0 Å². The number of benzene rings is 1. The highest BCUT2D eigenvalue weighted by atomic mass is 79.9. The van der Waals surface area contributed by atoms with E-state index >= 15 is 0 Å². The topological polar surface area (TPSA) is 46.0 Å². The quantitative estimate of drug-likeness (QED) is 0.390. The van der Waals surface area contributed by atoms with E-state index in [4.69, 9.17) is 12.2 Å². The van der Waals surface area contributed by atoms with Gasteiger partial charge < -0.3 is 14.8 Å². The first-order valence-corrected chi connectivity index (χ1v) is 11.2. The van der Waals surface area contributed by atoms with Gasteiger partial charge in [-0.05, 0) is 72.9 Å². The molecule has 5 nitrogen and oxygen atoms in total. The van der Waals surface area contributed by atoms with Gasteiger partial charge in [0.05, 0.1) is 30.0 Å². The summed E-state index contributed by atoms with van der Waals surface area (Å²) in [6.45, 7) is 0.617. The van der Waals surface area contributed by atoms with Crippen LogP contribution in [0.4, 0.5) is 0 Å². The average Bonchev–Trinajstić information content (AvgIpc) is 3.40. The summed E-state index contributed by atoms with van der Waals surface area (Å²) in [6, 6.07) is 24.4. The average molecular weight is 490 g/mol. The van der Waals surface area contributed by atoms with Gasteiger partial charge >= 0.3 is 0 Å². The summed E-state index contributed by atoms with van der Waals surface area (Å²) in [4.78, 5) is 11.4. The largest absolute Gasteiger partial charge is 0.352 e. The van der Waals surface area contributed by atoms with Gasteiger partial charge in [0.15, 0.2) is 5.11 Å². The van der Waals surface area contributed by atoms with Crippen LogP contribution in [-0.4, -0.2) is 24.5 Å². The standard InChI is InChI=1S/C24H20BrN5S/c25-17-9-11-19(12-10-17)29-15-5-8-21(29)23-22(20-7-2-4-14-27-20)28-24(31)30(23)16-18-6-1-3-13-26-18/h1-15,22-23H,16H2,(H,28,31)/t22-,23-/m0/s1. The van der Waals surface area contributed by atoms with Crippen LogP contribution in [0.25, 0.3) is 5.69 Å². The van der Waals surface area contributed by atoms with Gasteiger partial charge in [-0.3, -0.25) is 9.97 Å². The molecule has 1 saturated heterocycles. The van der Waals surface area contributed by atoms with Crippen LogP contribution < -0.4 is 5.32 Å². The number of hydrogen-bond acceptors (Lipinski definition) is 3. The van der Waals surface area contributed by atoms with Crippen LogP contribution in [0, 0.1) is 0 Å². The zero-order valence-corrected chi connectivity index (χ0v) is 19.0. The third-order valence-electron chi connectivity index (χ3n) is 5.44. The zero-order chi connectivity index (χ0) is 21.2. The van der Waals surface area contributed by atoms with Crippen molar-refractivity contribution in [3.63, 3.8) is 0 Å². The second-order valence-electron chi connectivity index (χ2n) is 7.36. The Morgan fingerprint density at radius 2 is 1.68 bits per heavy atom.